The standard InChI is InChI=1S/C16H17N3O3/c1-16(2,11-6-8-12(17)9-7-11)15(20)18-13-4-3-5-14(10-13)19(21)22/h3-10H,17H2,1-2H3,(H,18,20). The first-order valence-corrected chi connectivity index (χ1v) is 6.72. The van der Waals surface area contributed by atoms with Gasteiger partial charge in [0, 0.05) is 23.5 Å². The molecule has 2 aromatic carbocycles. The maximum atomic E-state index is 12.5. The van der Waals surface area contributed by atoms with Crippen LogP contribution in [0.4, 0.5) is 17.1 Å². The van der Waals surface area contributed by atoms with E-state index in [4.69, 9.17) is 5.73 Å². The summed E-state index contributed by atoms with van der Waals surface area (Å²) in [5.41, 5.74) is 6.62. The minimum absolute atomic E-state index is 0.0666. The molecule has 0 aliphatic rings. The average Bonchev–Trinajstić information content (AvgIpc) is 2.48. The lowest BCUT2D eigenvalue weighted by Crippen LogP contribution is -2.34. The third-order valence-electron chi connectivity index (χ3n) is 3.51. The second-order valence-corrected chi connectivity index (χ2v) is 5.51. The van der Waals surface area contributed by atoms with Crippen LogP contribution >= 0.6 is 0 Å². The predicted molar refractivity (Wildman–Crippen MR) is 85.6 cm³/mol. The molecule has 0 bridgehead atoms. The summed E-state index contributed by atoms with van der Waals surface area (Å²) in [5.74, 6) is -0.252. The topological polar surface area (TPSA) is 98.3 Å². The molecule has 0 unspecified atom stereocenters. The number of hydrogen-bond donors (Lipinski definition) is 2. The number of amides is 1. The Morgan fingerprint density at radius 3 is 2.41 bits per heavy atom. The third kappa shape index (κ3) is 3.22. The molecule has 2 rings (SSSR count). The lowest BCUT2D eigenvalue weighted by atomic mass is 9.83. The zero-order valence-electron chi connectivity index (χ0n) is 12.4. The van der Waals surface area contributed by atoms with Crippen LogP contribution in [0.2, 0.25) is 0 Å². The molecule has 6 heteroatoms. The molecule has 0 spiro atoms. The van der Waals surface area contributed by atoms with Crippen molar-refractivity contribution >= 4 is 23.0 Å². The monoisotopic (exact) mass is 299 g/mol. The molecule has 3 N–H and O–H groups in total. The van der Waals surface area contributed by atoms with Gasteiger partial charge < -0.3 is 11.1 Å². The third-order valence-corrected chi connectivity index (χ3v) is 3.51. The van der Waals surface area contributed by atoms with Gasteiger partial charge in [0.15, 0.2) is 0 Å². The van der Waals surface area contributed by atoms with E-state index in [1.54, 1.807) is 44.2 Å². The fourth-order valence-corrected chi connectivity index (χ4v) is 2.02. The van der Waals surface area contributed by atoms with Gasteiger partial charge in [-0.1, -0.05) is 18.2 Å². The highest BCUT2D eigenvalue weighted by atomic mass is 16.6. The molecule has 0 aliphatic heterocycles. The number of anilines is 2. The summed E-state index contributed by atoms with van der Waals surface area (Å²) in [6.45, 7) is 3.57. The highest BCUT2D eigenvalue weighted by molar-refractivity contribution is 5.98. The van der Waals surface area contributed by atoms with Gasteiger partial charge in [-0.15, -0.1) is 0 Å². The minimum atomic E-state index is -0.793. The van der Waals surface area contributed by atoms with Crippen LogP contribution in [0.1, 0.15) is 19.4 Å². The number of nitro groups is 1. The number of rotatable bonds is 4. The van der Waals surface area contributed by atoms with E-state index >= 15 is 0 Å². The van der Waals surface area contributed by atoms with Crippen molar-refractivity contribution in [3.05, 3.63) is 64.2 Å². The van der Waals surface area contributed by atoms with E-state index in [0.29, 0.717) is 11.4 Å². The number of carbonyl (C=O) groups is 1. The molecule has 0 atom stereocenters. The first-order chi connectivity index (χ1) is 10.3. The molecule has 1 amide bonds. The lowest BCUT2D eigenvalue weighted by Gasteiger charge is -2.24. The van der Waals surface area contributed by atoms with Crippen molar-refractivity contribution in [2.24, 2.45) is 0 Å². The molecular weight excluding hydrogens is 282 g/mol. The average molecular weight is 299 g/mol. The van der Waals surface area contributed by atoms with Crippen molar-refractivity contribution in [2.75, 3.05) is 11.1 Å². The number of nitrogens with two attached hydrogens (primary N) is 1. The van der Waals surface area contributed by atoms with Gasteiger partial charge >= 0.3 is 0 Å². The van der Waals surface area contributed by atoms with Gasteiger partial charge in [0.05, 0.1) is 10.3 Å². The van der Waals surface area contributed by atoms with E-state index in [2.05, 4.69) is 5.32 Å². The molecular formula is C16H17N3O3. The zero-order valence-corrected chi connectivity index (χ0v) is 12.4. The van der Waals surface area contributed by atoms with Gasteiger partial charge in [0.2, 0.25) is 5.91 Å². The van der Waals surface area contributed by atoms with Gasteiger partial charge in [-0.3, -0.25) is 14.9 Å². The molecule has 114 valence electrons. The van der Waals surface area contributed by atoms with Gasteiger partial charge in [-0.05, 0) is 37.6 Å². The van der Waals surface area contributed by atoms with Gasteiger partial charge in [0.1, 0.15) is 0 Å². The van der Waals surface area contributed by atoms with E-state index in [1.165, 1.54) is 18.2 Å². The van der Waals surface area contributed by atoms with Crippen molar-refractivity contribution in [1.29, 1.82) is 0 Å². The fraction of sp³-hybridized carbons (Fsp3) is 0.188. The maximum absolute atomic E-state index is 12.5. The molecule has 2 aromatic rings. The second-order valence-electron chi connectivity index (χ2n) is 5.51. The summed E-state index contributed by atoms with van der Waals surface area (Å²) in [6.07, 6.45) is 0. The maximum Gasteiger partial charge on any atom is 0.271 e. The van der Waals surface area contributed by atoms with Crippen molar-refractivity contribution < 1.29 is 9.72 Å². The summed E-state index contributed by atoms with van der Waals surface area (Å²) in [5, 5.41) is 13.5. The first kappa shape index (κ1) is 15.5. The van der Waals surface area contributed by atoms with Crippen LogP contribution in [0.25, 0.3) is 0 Å². The molecule has 0 fully saturated rings. The Balaban J connectivity index is 2.22. The molecule has 22 heavy (non-hydrogen) atoms. The van der Waals surface area contributed by atoms with Crippen molar-refractivity contribution in [1.82, 2.24) is 0 Å². The molecule has 0 heterocycles. The molecule has 0 saturated heterocycles. The van der Waals surface area contributed by atoms with E-state index < -0.39 is 10.3 Å². The largest absolute Gasteiger partial charge is 0.399 e. The molecule has 6 nitrogen and oxygen atoms in total. The summed E-state index contributed by atoms with van der Waals surface area (Å²) >= 11 is 0. The van der Waals surface area contributed by atoms with Gasteiger partial charge in [-0.2, -0.15) is 0 Å². The minimum Gasteiger partial charge on any atom is -0.399 e. The second kappa shape index (κ2) is 5.85. The Morgan fingerprint density at radius 2 is 1.82 bits per heavy atom. The molecule has 0 aliphatic carbocycles. The number of carbonyl (C=O) groups excluding carboxylic acids is 1. The number of non-ortho nitro benzene ring substituents is 1. The normalized spacial score (nSPS) is 11.0. The van der Waals surface area contributed by atoms with Crippen LogP contribution in [0.5, 0.6) is 0 Å². The summed E-state index contributed by atoms with van der Waals surface area (Å²) in [6, 6.07) is 12.9. The van der Waals surface area contributed by atoms with E-state index in [0.717, 1.165) is 5.56 Å². The number of hydrogen-bond acceptors (Lipinski definition) is 4. The number of nitro benzene ring substituents is 1. The van der Waals surface area contributed by atoms with Crippen LogP contribution in [0.15, 0.2) is 48.5 Å². The molecule has 0 radical (unpaired) electrons. The highest BCUT2D eigenvalue weighted by Gasteiger charge is 2.30. The Hall–Kier alpha value is -2.89. The van der Waals surface area contributed by atoms with Crippen molar-refractivity contribution in [3.63, 3.8) is 0 Å². The predicted octanol–water partition coefficient (Wildman–Crippen LogP) is 3.09. The number of benzene rings is 2. The van der Waals surface area contributed by atoms with Crippen LogP contribution in [-0.2, 0) is 10.2 Å². The number of nitrogens with one attached hydrogen (secondary N) is 1. The zero-order chi connectivity index (χ0) is 16.3. The van der Waals surface area contributed by atoms with Crippen LogP contribution in [0, 0.1) is 10.1 Å². The molecule has 0 aromatic heterocycles. The van der Waals surface area contributed by atoms with Crippen LogP contribution < -0.4 is 11.1 Å². The van der Waals surface area contributed by atoms with Crippen LogP contribution in [-0.4, -0.2) is 10.8 Å². The first-order valence-electron chi connectivity index (χ1n) is 6.72. The van der Waals surface area contributed by atoms with E-state index in [-0.39, 0.29) is 11.6 Å². The van der Waals surface area contributed by atoms with Crippen molar-refractivity contribution in [3.8, 4) is 0 Å². The van der Waals surface area contributed by atoms with Gasteiger partial charge in [-0.25, -0.2) is 0 Å². The SMILES string of the molecule is CC(C)(C(=O)Nc1cccc([N+](=O)[O-])c1)c1ccc(N)cc1. The van der Waals surface area contributed by atoms with E-state index in [9.17, 15) is 14.9 Å². The summed E-state index contributed by atoms with van der Waals surface area (Å²) < 4.78 is 0. The Bertz CT molecular complexity index is 709. The van der Waals surface area contributed by atoms with Gasteiger partial charge in [0.25, 0.3) is 5.69 Å². The Morgan fingerprint density at radius 1 is 1.18 bits per heavy atom. The lowest BCUT2D eigenvalue weighted by molar-refractivity contribution is -0.384. The van der Waals surface area contributed by atoms with Crippen molar-refractivity contribution in [2.45, 2.75) is 19.3 Å². The Kier molecular flexibility index (Phi) is 4.12. The number of nitrogen functional groups attached to an aromatic ring is 1. The smallest absolute Gasteiger partial charge is 0.271 e. The highest BCUT2D eigenvalue weighted by Crippen LogP contribution is 2.26. The van der Waals surface area contributed by atoms with E-state index in [1.807, 2.05) is 0 Å². The van der Waals surface area contributed by atoms with Crippen LogP contribution in [0.3, 0.4) is 0 Å². The quantitative estimate of drug-likeness (QED) is 0.515. The fourth-order valence-electron chi connectivity index (χ4n) is 2.02. The molecule has 0 saturated carbocycles. The summed E-state index contributed by atoms with van der Waals surface area (Å²) in [4.78, 5) is 22.8. The Labute approximate surface area is 128 Å². The number of nitrogens with zero attached hydrogens (tertiary/aromatic N) is 1. The summed E-state index contributed by atoms with van der Waals surface area (Å²) in [7, 11) is 0.